The van der Waals surface area contributed by atoms with Crippen molar-refractivity contribution < 1.29 is 14.3 Å². The first kappa shape index (κ1) is 22.6. The number of aliphatic hydroxyl groups excluding tert-OH is 1. The number of pyridine rings is 2. The number of fused-ring (bicyclic) bond motifs is 1. The van der Waals surface area contributed by atoms with Gasteiger partial charge < -0.3 is 10.4 Å². The van der Waals surface area contributed by atoms with E-state index in [2.05, 4.69) is 15.3 Å². The zero-order chi connectivity index (χ0) is 23.5. The molecular weight excluding hydrogens is 417 g/mol. The highest BCUT2D eigenvalue weighted by Gasteiger charge is 2.20. The SMILES string of the molecule is Cc1cc2nc(C(=O)N[C@@H](C)CCO)cc(-c3ccccc3F)c2c(C)c1-c1ccncc1. The van der Waals surface area contributed by atoms with E-state index in [0.717, 1.165) is 27.6 Å². The summed E-state index contributed by atoms with van der Waals surface area (Å²) < 4.78 is 14.9. The lowest BCUT2D eigenvalue weighted by molar-refractivity contribution is 0.0929. The van der Waals surface area contributed by atoms with Crippen LogP contribution in [0.1, 0.15) is 35.0 Å². The second kappa shape index (κ2) is 9.46. The third-order valence-corrected chi connectivity index (χ3v) is 5.85. The first-order valence-electron chi connectivity index (χ1n) is 10.9. The third kappa shape index (κ3) is 4.47. The lowest BCUT2D eigenvalue weighted by Crippen LogP contribution is -2.33. The lowest BCUT2D eigenvalue weighted by atomic mass is 9.89. The first-order chi connectivity index (χ1) is 15.9. The van der Waals surface area contributed by atoms with Crippen LogP contribution in [0.4, 0.5) is 4.39 Å². The number of aliphatic hydroxyl groups is 1. The van der Waals surface area contributed by atoms with Crippen LogP contribution in [0.25, 0.3) is 33.2 Å². The second-order valence-electron chi connectivity index (χ2n) is 8.25. The summed E-state index contributed by atoms with van der Waals surface area (Å²) in [5.41, 5.74) is 5.89. The zero-order valence-electron chi connectivity index (χ0n) is 18.9. The molecule has 1 amide bonds. The first-order valence-corrected chi connectivity index (χ1v) is 10.9. The summed E-state index contributed by atoms with van der Waals surface area (Å²) in [6.45, 7) is 5.80. The van der Waals surface area contributed by atoms with Crippen molar-refractivity contribution in [3.63, 3.8) is 0 Å². The van der Waals surface area contributed by atoms with Crippen LogP contribution in [0.15, 0.2) is 60.9 Å². The minimum atomic E-state index is -0.365. The van der Waals surface area contributed by atoms with Crippen molar-refractivity contribution >= 4 is 16.8 Å². The minimum Gasteiger partial charge on any atom is -0.396 e. The Balaban J connectivity index is 1.99. The van der Waals surface area contributed by atoms with E-state index in [1.54, 1.807) is 36.7 Å². The molecule has 0 unspecified atom stereocenters. The van der Waals surface area contributed by atoms with E-state index in [-0.39, 0.29) is 30.1 Å². The predicted molar refractivity (Wildman–Crippen MR) is 128 cm³/mol. The fraction of sp³-hybridized carbons (Fsp3) is 0.222. The Labute approximate surface area is 192 Å². The number of amides is 1. The molecule has 2 heterocycles. The normalized spacial score (nSPS) is 12.0. The summed E-state index contributed by atoms with van der Waals surface area (Å²) in [6, 6.07) is 13.8. The molecule has 0 aliphatic heterocycles. The number of carbonyl (C=O) groups excluding carboxylic acids is 1. The van der Waals surface area contributed by atoms with Crippen LogP contribution >= 0.6 is 0 Å². The van der Waals surface area contributed by atoms with Crippen molar-refractivity contribution in [2.75, 3.05) is 6.61 Å². The molecule has 2 N–H and O–H groups in total. The Bertz CT molecular complexity index is 1320. The average Bonchev–Trinajstić information content (AvgIpc) is 2.79. The van der Waals surface area contributed by atoms with Crippen molar-refractivity contribution in [2.45, 2.75) is 33.2 Å². The van der Waals surface area contributed by atoms with E-state index in [1.165, 1.54) is 6.07 Å². The van der Waals surface area contributed by atoms with E-state index < -0.39 is 0 Å². The molecule has 0 spiro atoms. The largest absolute Gasteiger partial charge is 0.396 e. The Kier molecular flexibility index (Phi) is 6.47. The maximum Gasteiger partial charge on any atom is 0.270 e. The Hall–Kier alpha value is -3.64. The number of halogens is 1. The van der Waals surface area contributed by atoms with Crippen LogP contribution in [0.5, 0.6) is 0 Å². The average molecular weight is 444 g/mol. The van der Waals surface area contributed by atoms with Crippen LogP contribution in [0.2, 0.25) is 0 Å². The van der Waals surface area contributed by atoms with Crippen LogP contribution in [0, 0.1) is 19.7 Å². The van der Waals surface area contributed by atoms with Gasteiger partial charge in [-0.25, -0.2) is 9.37 Å². The number of benzene rings is 2. The fourth-order valence-corrected chi connectivity index (χ4v) is 4.30. The Morgan fingerprint density at radius 2 is 1.82 bits per heavy atom. The Morgan fingerprint density at radius 1 is 1.09 bits per heavy atom. The monoisotopic (exact) mass is 443 g/mol. The van der Waals surface area contributed by atoms with Gasteiger partial charge in [-0.15, -0.1) is 0 Å². The smallest absolute Gasteiger partial charge is 0.270 e. The van der Waals surface area contributed by atoms with E-state index in [1.807, 2.05) is 39.0 Å². The lowest BCUT2D eigenvalue weighted by Gasteiger charge is -2.18. The van der Waals surface area contributed by atoms with Crippen LogP contribution in [0.3, 0.4) is 0 Å². The highest BCUT2D eigenvalue weighted by molar-refractivity contribution is 6.05. The van der Waals surface area contributed by atoms with Crippen LogP contribution in [-0.2, 0) is 0 Å². The van der Waals surface area contributed by atoms with Crippen LogP contribution < -0.4 is 5.32 Å². The van der Waals surface area contributed by atoms with Gasteiger partial charge in [0, 0.05) is 36.0 Å². The fourth-order valence-electron chi connectivity index (χ4n) is 4.30. The van der Waals surface area contributed by atoms with Gasteiger partial charge in [-0.1, -0.05) is 18.2 Å². The van der Waals surface area contributed by atoms with Gasteiger partial charge in [0.25, 0.3) is 5.91 Å². The van der Waals surface area contributed by atoms with Gasteiger partial charge >= 0.3 is 0 Å². The van der Waals surface area contributed by atoms with Crippen molar-refractivity contribution in [3.8, 4) is 22.3 Å². The highest BCUT2D eigenvalue weighted by Crippen LogP contribution is 2.38. The molecule has 6 heteroatoms. The van der Waals surface area contributed by atoms with Gasteiger partial charge in [-0.2, -0.15) is 0 Å². The Morgan fingerprint density at radius 3 is 2.52 bits per heavy atom. The van der Waals surface area contributed by atoms with Gasteiger partial charge in [0.1, 0.15) is 11.5 Å². The minimum absolute atomic E-state index is 0.0246. The van der Waals surface area contributed by atoms with Gasteiger partial charge in [0.05, 0.1) is 5.52 Å². The number of nitrogens with one attached hydrogen (secondary N) is 1. The molecule has 0 aliphatic rings. The topological polar surface area (TPSA) is 75.1 Å². The maximum atomic E-state index is 14.9. The summed E-state index contributed by atoms with van der Waals surface area (Å²) in [5.74, 6) is -0.723. The third-order valence-electron chi connectivity index (χ3n) is 5.85. The summed E-state index contributed by atoms with van der Waals surface area (Å²) in [7, 11) is 0. The zero-order valence-corrected chi connectivity index (χ0v) is 18.9. The molecule has 0 saturated carbocycles. The van der Waals surface area contributed by atoms with Gasteiger partial charge in [0.2, 0.25) is 0 Å². The highest BCUT2D eigenvalue weighted by atomic mass is 19.1. The predicted octanol–water partition coefficient (Wildman–Crippen LogP) is 5.22. The van der Waals surface area contributed by atoms with E-state index in [4.69, 9.17) is 5.11 Å². The molecule has 33 heavy (non-hydrogen) atoms. The molecule has 4 rings (SSSR count). The summed E-state index contributed by atoms with van der Waals surface area (Å²) in [6.07, 6.45) is 3.93. The number of carbonyl (C=O) groups is 1. The van der Waals surface area contributed by atoms with E-state index in [0.29, 0.717) is 23.1 Å². The maximum absolute atomic E-state index is 14.9. The summed E-state index contributed by atoms with van der Waals surface area (Å²) in [4.78, 5) is 21.7. The molecule has 168 valence electrons. The van der Waals surface area contributed by atoms with Gasteiger partial charge in [-0.05, 0) is 85.3 Å². The quantitative estimate of drug-likeness (QED) is 0.428. The van der Waals surface area contributed by atoms with Crippen LogP contribution in [-0.4, -0.2) is 33.6 Å². The molecule has 0 bridgehead atoms. The van der Waals surface area contributed by atoms with Gasteiger partial charge in [0.15, 0.2) is 0 Å². The van der Waals surface area contributed by atoms with Crippen molar-refractivity contribution in [1.82, 2.24) is 15.3 Å². The molecular formula is C27H26FN3O2. The van der Waals surface area contributed by atoms with E-state index >= 15 is 0 Å². The van der Waals surface area contributed by atoms with Crippen molar-refractivity contribution in [3.05, 3.63) is 83.6 Å². The second-order valence-corrected chi connectivity index (χ2v) is 8.25. The molecule has 0 fully saturated rings. The molecule has 4 aromatic rings. The molecule has 2 aromatic heterocycles. The molecule has 1 atom stereocenters. The number of aromatic nitrogens is 2. The number of nitrogens with zero attached hydrogens (tertiary/aromatic N) is 2. The van der Waals surface area contributed by atoms with Crippen molar-refractivity contribution in [1.29, 1.82) is 0 Å². The molecule has 0 saturated heterocycles. The number of rotatable bonds is 6. The molecule has 5 nitrogen and oxygen atoms in total. The standard InChI is InChI=1S/C27H26FN3O2/c1-16-14-23-26(18(3)25(16)19-8-11-29-12-9-19)21(20-6-4-5-7-22(20)28)15-24(31-23)27(33)30-17(2)10-13-32/h4-9,11-12,14-15,17,32H,10,13H2,1-3H3,(H,30,33)/t17-/m0/s1. The number of hydrogen-bond donors (Lipinski definition) is 2. The number of aryl methyl sites for hydroxylation is 2. The molecule has 2 aromatic carbocycles. The van der Waals surface area contributed by atoms with Gasteiger partial charge in [-0.3, -0.25) is 9.78 Å². The summed E-state index contributed by atoms with van der Waals surface area (Å²) >= 11 is 0. The molecule has 0 aliphatic carbocycles. The summed E-state index contributed by atoms with van der Waals surface area (Å²) in [5, 5.41) is 12.8. The van der Waals surface area contributed by atoms with E-state index in [9.17, 15) is 9.18 Å². The van der Waals surface area contributed by atoms with Crippen molar-refractivity contribution in [2.24, 2.45) is 0 Å². The number of hydrogen-bond acceptors (Lipinski definition) is 4. The molecule has 0 radical (unpaired) electrons.